The largest absolute Gasteiger partial charge is 0.478 e. The van der Waals surface area contributed by atoms with Crippen molar-refractivity contribution in [3.63, 3.8) is 0 Å². The van der Waals surface area contributed by atoms with E-state index in [4.69, 9.17) is 5.11 Å². The number of carboxylic acids is 1. The average Bonchev–Trinajstić information content (AvgIpc) is 2.29. The quantitative estimate of drug-likeness (QED) is 0.748. The molecule has 86 valence electrons. The number of hydrogen-bond acceptors (Lipinski definition) is 2. The molecule has 16 heavy (non-hydrogen) atoms. The molecule has 1 aromatic rings. The second kappa shape index (κ2) is 5.95. The van der Waals surface area contributed by atoms with E-state index in [9.17, 15) is 4.79 Å². The minimum absolute atomic E-state index is 0.362. The maximum atomic E-state index is 10.6. The van der Waals surface area contributed by atoms with Gasteiger partial charge in [0.1, 0.15) is 0 Å². The van der Waals surface area contributed by atoms with Gasteiger partial charge in [-0.1, -0.05) is 31.2 Å². The summed E-state index contributed by atoms with van der Waals surface area (Å²) < 4.78 is 0. The zero-order valence-electron chi connectivity index (χ0n) is 9.66. The highest BCUT2D eigenvalue weighted by Crippen LogP contribution is 2.14. The summed E-state index contributed by atoms with van der Waals surface area (Å²) in [5.41, 5.74) is 2.67. The van der Waals surface area contributed by atoms with Gasteiger partial charge in [0.2, 0.25) is 0 Å². The van der Waals surface area contributed by atoms with Crippen molar-refractivity contribution >= 4 is 11.7 Å². The van der Waals surface area contributed by atoms with Crippen molar-refractivity contribution in [2.45, 2.75) is 20.3 Å². The Morgan fingerprint density at radius 1 is 1.44 bits per heavy atom. The molecule has 0 unspecified atom stereocenters. The van der Waals surface area contributed by atoms with Crippen molar-refractivity contribution in [3.05, 3.63) is 41.5 Å². The van der Waals surface area contributed by atoms with E-state index in [0.717, 1.165) is 12.1 Å². The highest BCUT2D eigenvalue weighted by Gasteiger charge is 1.99. The van der Waals surface area contributed by atoms with Crippen LogP contribution in [0, 0.1) is 0 Å². The molecule has 3 heteroatoms. The molecular formula is C13H17NO2. The van der Waals surface area contributed by atoms with E-state index >= 15 is 0 Å². The fourth-order valence-electron chi connectivity index (χ4n) is 1.40. The van der Waals surface area contributed by atoms with Crippen LogP contribution in [0.25, 0.3) is 0 Å². The van der Waals surface area contributed by atoms with E-state index in [1.807, 2.05) is 18.2 Å². The highest BCUT2D eigenvalue weighted by atomic mass is 16.4. The molecule has 0 aliphatic heterocycles. The van der Waals surface area contributed by atoms with Crippen LogP contribution >= 0.6 is 0 Å². The first kappa shape index (κ1) is 12.3. The number of rotatable bonds is 5. The molecule has 2 N–H and O–H groups in total. The Morgan fingerprint density at radius 3 is 2.75 bits per heavy atom. The Hall–Kier alpha value is -1.77. The molecule has 0 saturated carbocycles. The van der Waals surface area contributed by atoms with Gasteiger partial charge in [0.05, 0.1) is 0 Å². The maximum absolute atomic E-state index is 10.6. The summed E-state index contributed by atoms with van der Waals surface area (Å²) in [6.45, 7) is 4.23. The molecule has 0 fully saturated rings. The highest BCUT2D eigenvalue weighted by molar-refractivity contribution is 5.85. The Balaban J connectivity index is 2.61. The van der Waals surface area contributed by atoms with Crippen LogP contribution in [0.1, 0.15) is 19.4 Å². The molecule has 0 amide bonds. The molecule has 0 radical (unpaired) electrons. The fraction of sp³-hybridized carbons (Fsp3) is 0.308. The van der Waals surface area contributed by atoms with E-state index in [2.05, 4.69) is 18.3 Å². The van der Waals surface area contributed by atoms with Gasteiger partial charge in [0, 0.05) is 17.8 Å². The third-order valence-electron chi connectivity index (χ3n) is 2.44. The number of nitrogens with one attached hydrogen (secondary N) is 1. The van der Waals surface area contributed by atoms with Crippen molar-refractivity contribution in [3.8, 4) is 0 Å². The molecule has 1 aromatic carbocycles. The van der Waals surface area contributed by atoms with E-state index < -0.39 is 5.97 Å². The van der Waals surface area contributed by atoms with Crippen molar-refractivity contribution < 1.29 is 9.90 Å². The molecule has 0 aliphatic rings. The summed E-state index contributed by atoms with van der Waals surface area (Å²) in [6, 6.07) is 8.04. The van der Waals surface area contributed by atoms with Crippen LogP contribution in [-0.4, -0.2) is 17.6 Å². The second-order valence-electron chi connectivity index (χ2n) is 3.58. The van der Waals surface area contributed by atoms with Gasteiger partial charge >= 0.3 is 5.97 Å². The Labute approximate surface area is 95.8 Å². The monoisotopic (exact) mass is 219 g/mol. The topological polar surface area (TPSA) is 49.3 Å². The maximum Gasteiger partial charge on any atom is 0.331 e. The zero-order valence-corrected chi connectivity index (χ0v) is 9.66. The first-order valence-electron chi connectivity index (χ1n) is 5.37. The molecule has 3 nitrogen and oxygen atoms in total. The number of carbonyl (C=O) groups is 1. The smallest absolute Gasteiger partial charge is 0.331 e. The minimum Gasteiger partial charge on any atom is -0.478 e. The molecular weight excluding hydrogens is 202 g/mol. The van der Waals surface area contributed by atoms with Crippen LogP contribution < -0.4 is 5.32 Å². The Kier molecular flexibility index (Phi) is 4.58. The SMILES string of the molecule is CCc1ccccc1NC/C=C(/C)C(=O)O. The predicted octanol–water partition coefficient (Wildman–Crippen LogP) is 2.69. The summed E-state index contributed by atoms with van der Waals surface area (Å²) in [5.74, 6) is -0.870. The third-order valence-corrected chi connectivity index (χ3v) is 2.44. The van der Waals surface area contributed by atoms with Crippen LogP contribution in [-0.2, 0) is 11.2 Å². The molecule has 0 heterocycles. The lowest BCUT2D eigenvalue weighted by Crippen LogP contribution is -2.04. The Morgan fingerprint density at radius 2 is 2.12 bits per heavy atom. The van der Waals surface area contributed by atoms with Gasteiger partial charge in [-0.15, -0.1) is 0 Å². The molecule has 0 bridgehead atoms. The van der Waals surface area contributed by atoms with E-state index in [1.54, 1.807) is 13.0 Å². The standard InChI is InChI=1S/C13H17NO2/c1-3-11-6-4-5-7-12(11)14-9-8-10(2)13(15)16/h4-8,14H,3,9H2,1-2H3,(H,15,16)/b10-8-. The lowest BCUT2D eigenvalue weighted by Gasteiger charge is -2.08. The summed E-state index contributed by atoms with van der Waals surface area (Å²) in [5, 5.41) is 11.9. The van der Waals surface area contributed by atoms with Crippen LogP contribution in [0.3, 0.4) is 0 Å². The van der Waals surface area contributed by atoms with Crippen molar-refractivity contribution in [1.82, 2.24) is 0 Å². The van der Waals surface area contributed by atoms with Gasteiger partial charge in [0.15, 0.2) is 0 Å². The Bertz CT molecular complexity index is 397. The molecule has 0 saturated heterocycles. The summed E-state index contributed by atoms with van der Waals surface area (Å²) in [6.07, 6.45) is 2.64. The molecule has 1 rings (SSSR count). The first-order valence-corrected chi connectivity index (χ1v) is 5.37. The molecule has 0 atom stereocenters. The van der Waals surface area contributed by atoms with Crippen LogP contribution in [0.5, 0.6) is 0 Å². The number of aryl methyl sites for hydroxylation is 1. The van der Waals surface area contributed by atoms with Gasteiger partial charge in [0.25, 0.3) is 0 Å². The third kappa shape index (κ3) is 3.42. The predicted molar refractivity (Wildman–Crippen MR) is 65.7 cm³/mol. The van der Waals surface area contributed by atoms with Crippen LogP contribution in [0.4, 0.5) is 5.69 Å². The number of benzene rings is 1. The summed E-state index contributed by atoms with van der Waals surface area (Å²) >= 11 is 0. The van der Waals surface area contributed by atoms with Crippen molar-refractivity contribution in [1.29, 1.82) is 0 Å². The fourth-order valence-corrected chi connectivity index (χ4v) is 1.40. The van der Waals surface area contributed by atoms with Gasteiger partial charge < -0.3 is 10.4 Å². The minimum atomic E-state index is -0.870. The zero-order chi connectivity index (χ0) is 12.0. The lowest BCUT2D eigenvalue weighted by atomic mass is 10.1. The summed E-state index contributed by atoms with van der Waals surface area (Å²) in [7, 11) is 0. The number of para-hydroxylation sites is 1. The van der Waals surface area contributed by atoms with Gasteiger partial charge in [-0.25, -0.2) is 4.79 Å². The number of aliphatic carboxylic acids is 1. The van der Waals surface area contributed by atoms with Crippen LogP contribution in [0.15, 0.2) is 35.9 Å². The van der Waals surface area contributed by atoms with Gasteiger partial charge in [-0.3, -0.25) is 0 Å². The van der Waals surface area contributed by atoms with Gasteiger partial charge in [-0.2, -0.15) is 0 Å². The number of carboxylic acid groups (broad SMARTS) is 1. The second-order valence-corrected chi connectivity index (χ2v) is 3.58. The summed E-state index contributed by atoms with van der Waals surface area (Å²) in [4.78, 5) is 10.6. The van der Waals surface area contributed by atoms with E-state index in [1.165, 1.54) is 5.56 Å². The number of anilines is 1. The average molecular weight is 219 g/mol. The van der Waals surface area contributed by atoms with E-state index in [-0.39, 0.29) is 0 Å². The van der Waals surface area contributed by atoms with Crippen molar-refractivity contribution in [2.24, 2.45) is 0 Å². The van der Waals surface area contributed by atoms with E-state index in [0.29, 0.717) is 12.1 Å². The van der Waals surface area contributed by atoms with Gasteiger partial charge in [-0.05, 0) is 25.0 Å². The molecule has 0 aliphatic carbocycles. The van der Waals surface area contributed by atoms with Crippen molar-refractivity contribution in [2.75, 3.05) is 11.9 Å². The first-order chi connectivity index (χ1) is 7.65. The lowest BCUT2D eigenvalue weighted by molar-refractivity contribution is -0.132. The van der Waals surface area contributed by atoms with Crippen LogP contribution in [0.2, 0.25) is 0 Å². The number of hydrogen-bond donors (Lipinski definition) is 2. The normalized spacial score (nSPS) is 11.2. The molecule has 0 spiro atoms. The molecule has 0 aromatic heterocycles.